The lowest BCUT2D eigenvalue weighted by Gasteiger charge is -2.08. The summed E-state index contributed by atoms with van der Waals surface area (Å²) < 4.78 is 5.47. The van der Waals surface area contributed by atoms with Crippen molar-refractivity contribution >= 4 is 5.69 Å². The zero-order valence-electron chi connectivity index (χ0n) is 10.9. The van der Waals surface area contributed by atoms with Gasteiger partial charge in [0.15, 0.2) is 5.75 Å². The van der Waals surface area contributed by atoms with Crippen LogP contribution in [0.2, 0.25) is 0 Å². The van der Waals surface area contributed by atoms with Crippen molar-refractivity contribution in [2.24, 2.45) is 11.7 Å². The average molecular weight is 252 g/mol. The Morgan fingerprint density at radius 1 is 1.44 bits per heavy atom. The van der Waals surface area contributed by atoms with E-state index in [1.165, 1.54) is 6.07 Å². The van der Waals surface area contributed by atoms with Crippen molar-refractivity contribution in [2.75, 3.05) is 6.61 Å². The van der Waals surface area contributed by atoms with Gasteiger partial charge in [-0.15, -0.1) is 0 Å². The molecule has 2 N–H and O–H groups in total. The summed E-state index contributed by atoms with van der Waals surface area (Å²) in [7, 11) is 0. The Balaban J connectivity index is 2.67. The molecule has 0 atom stereocenters. The van der Waals surface area contributed by atoms with Crippen molar-refractivity contribution in [2.45, 2.75) is 33.2 Å². The SMILES string of the molecule is CC(C)CCCOc1ccc(CN)cc1[N+](=O)[O-]. The largest absolute Gasteiger partial charge is 0.487 e. The van der Waals surface area contributed by atoms with E-state index in [2.05, 4.69) is 13.8 Å². The molecule has 1 aromatic rings. The molecule has 0 aliphatic heterocycles. The molecule has 0 spiro atoms. The number of nitro groups is 1. The van der Waals surface area contributed by atoms with E-state index in [0.29, 0.717) is 18.3 Å². The van der Waals surface area contributed by atoms with Crippen LogP contribution in [0.3, 0.4) is 0 Å². The molecule has 5 heteroatoms. The summed E-state index contributed by atoms with van der Waals surface area (Å²) >= 11 is 0. The number of nitrogens with zero attached hydrogens (tertiary/aromatic N) is 1. The van der Waals surface area contributed by atoms with Gasteiger partial charge in [0.25, 0.3) is 0 Å². The molecule has 0 aliphatic rings. The van der Waals surface area contributed by atoms with Crippen molar-refractivity contribution in [1.82, 2.24) is 0 Å². The van der Waals surface area contributed by atoms with Gasteiger partial charge in [0, 0.05) is 12.6 Å². The highest BCUT2D eigenvalue weighted by Gasteiger charge is 2.15. The van der Waals surface area contributed by atoms with Crippen molar-refractivity contribution < 1.29 is 9.66 Å². The van der Waals surface area contributed by atoms with Gasteiger partial charge in [0.05, 0.1) is 11.5 Å². The third kappa shape index (κ3) is 4.33. The molecule has 18 heavy (non-hydrogen) atoms. The normalized spacial score (nSPS) is 10.7. The molecule has 0 aliphatic carbocycles. The number of hydrogen-bond acceptors (Lipinski definition) is 4. The van der Waals surface area contributed by atoms with Gasteiger partial charge in [-0.3, -0.25) is 10.1 Å². The molecule has 0 amide bonds. The van der Waals surface area contributed by atoms with E-state index in [1.54, 1.807) is 12.1 Å². The molecule has 0 saturated heterocycles. The molecular weight excluding hydrogens is 232 g/mol. The summed E-state index contributed by atoms with van der Waals surface area (Å²) in [5.41, 5.74) is 6.18. The number of rotatable bonds is 7. The number of nitro benzene ring substituents is 1. The first kappa shape index (κ1) is 14.4. The second kappa shape index (κ2) is 6.96. The van der Waals surface area contributed by atoms with Crippen LogP contribution < -0.4 is 10.5 Å². The van der Waals surface area contributed by atoms with Crippen LogP contribution in [0.5, 0.6) is 5.75 Å². The van der Waals surface area contributed by atoms with Crippen LogP contribution in [0.15, 0.2) is 18.2 Å². The standard InChI is InChI=1S/C13H20N2O3/c1-10(2)4-3-7-18-13-6-5-11(9-14)8-12(13)15(16)17/h5-6,8,10H,3-4,7,9,14H2,1-2H3. The van der Waals surface area contributed by atoms with Gasteiger partial charge in [-0.1, -0.05) is 19.9 Å². The molecule has 100 valence electrons. The lowest BCUT2D eigenvalue weighted by Crippen LogP contribution is -2.03. The molecule has 0 aromatic heterocycles. The predicted molar refractivity (Wildman–Crippen MR) is 70.6 cm³/mol. The Morgan fingerprint density at radius 2 is 2.17 bits per heavy atom. The number of ether oxygens (including phenoxy) is 1. The summed E-state index contributed by atoms with van der Waals surface area (Å²) in [6, 6.07) is 4.85. The van der Waals surface area contributed by atoms with Gasteiger partial charge in [-0.05, 0) is 30.4 Å². The Hall–Kier alpha value is -1.62. The lowest BCUT2D eigenvalue weighted by atomic mass is 10.1. The predicted octanol–water partition coefficient (Wildman–Crippen LogP) is 2.87. The molecule has 0 bridgehead atoms. The third-order valence-corrected chi connectivity index (χ3v) is 2.64. The van der Waals surface area contributed by atoms with E-state index < -0.39 is 4.92 Å². The average Bonchev–Trinajstić information content (AvgIpc) is 2.34. The van der Waals surface area contributed by atoms with Crippen LogP contribution in [-0.2, 0) is 6.54 Å². The van der Waals surface area contributed by atoms with Gasteiger partial charge >= 0.3 is 5.69 Å². The fraction of sp³-hybridized carbons (Fsp3) is 0.538. The molecule has 0 radical (unpaired) electrons. The van der Waals surface area contributed by atoms with Crippen LogP contribution in [0.4, 0.5) is 5.69 Å². The van der Waals surface area contributed by atoms with E-state index >= 15 is 0 Å². The molecule has 1 aromatic carbocycles. The van der Waals surface area contributed by atoms with Crippen LogP contribution >= 0.6 is 0 Å². The molecule has 0 saturated carbocycles. The van der Waals surface area contributed by atoms with E-state index in [0.717, 1.165) is 18.4 Å². The molecule has 0 unspecified atom stereocenters. The Morgan fingerprint density at radius 3 is 2.72 bits per heavy atom. The first-order valence-electron chi connectivity index (χ1n) is 6.14. The Bertz CT molecular complexity index is 405. The van der Waals surface area contributed by atoms with Crippen LogP contribution in [0.25, 0.3) is 0 Å². The number of hydrogen-bond donors (Lipinski definition) is 1. The van der Waals surface area contributed by atoms with Crippen LogP contribution in [0, 0.1) is 16.0 Å². The zero-order chi connectivity index (χ0) is 13.5. The van der Waals surface area contributed by atoms with Crippen molar-refractivity contribution in [3.05, 3.63) is 33.9 Å². The van der Waals surface area contributed by atoms with Gasteiger partial charge in [-0.2, -0.15) is 0 Å². The first-order chi connectivity index (χ1) is 8.54. The number of nitrogens with two attached hydrogens (primary N) is 1. The minimum Gasteiger partial charge on any atom is -0.487 e. The number of benzene rings is 1. The van der Waals surface area contributed by atoms with Crippen molar-refractivity contribution in [3.63, 3.8) is 0 Å². The Kier molecular flexibility index (Phi) is 5.58. The van der Waals surface area contributed by atoms with E-state index in [9.17, 15) is 10.1 Å². The molecular formula is C13H20N2O3. The van der Waals surface area contributed by atoms with Gasteiger partial charge in [0.2, 0.25) is 0 Å². The smallest absolute Gasteiger partial charge is 0.311 e. The van der Waals surface area contributed by atoms with E-state index in [-0.39, 0.29) is 12.2 Å². The fourth-order valence-corrected chi connectivity index (χ4v) is 1.63. The third-order valence-electron chi connectivity index (χ3n) is 2.64. The van der Waals surface area contributed by atoms with Crippen molar-refractivity contribution in [3.8, 4) is 5.75 Å². The van der Waals surface area contributed by atoms with Crippen LogP contribution in [0.1, 0.15) is 32.3 Å². The summed E-state index contributed by atoms with van der Waals surface area (Å²) in [6.07, 6.45) is 1.95. The maximum Gasteiger partial charge on any atom is 0.311 e. The molecule has 5 nitrogen and oxygen atoms in total. The molecule has 0 fully saturated rings. The van der Waals surface area contributed by atoms with Crippen molar-refractivity contribution in [1.29, 1.82) is 0 Å². The summed E-state index contributed by atoms with van der Waals surface area (Å²) in [5.74, 6) is 0.934. The maximum atomic E-state index is 10.9. The van der Waals surface area contributed by atoms with E-state index in [1.807, 2.05) is 0 Å². The summed E-state index contributed by atoms with van der Waals surface area (Å²) in [4.78, 5) is 10.5. The zero-order valence-corrected chi connectivity index (χ0v) is 10.9. The van der Waals surface area contributed by atoms with Crippen LogP contribution in [-0.4, -0.2) is 11.5 Å². The second-order valence-corrected chi connectivity index (χ2v) is 4.65. The quantitative estimate of drug-likeness (QED) is 0.460. The van der Waals surface area contributed by atoms with Gasteiger partial charge < -0.3 is 10.5 Å². The summed E-state index contributed by atoms with van der Waals surface area (Å²) in [6.45, 7) is 5.06. The highest BCUT2D eigenvalue weighted by Crippen LogP contribution is 2.28. The summed E-state index contributed by atoms with van der Waals surface area (Å²) in [5, 5.41) is 10.9. The minimum absolute atomic E-state index is 0.0116. The molecule has 0 heterocycles. The molecule has 1 rings (SSSR count). The highest BCUT2D eigenvalue weighted by atomic mass is 16.6. The fourth-order valence-electron chi connectivity index (χ4n) is 1.63. The second-order valence-electron chi connectivity index (χ2n) is 4.65. The van der Waals surface area contributed by atoms with E-state index in [4.69, 9.17) is 10.5 Å². The monoisotopic (exact) mass is 252 g/mol. The maximum absolute atomic E-state index is 10.9. The minimum atomic E-state index is -0.434. The Labute approximate surface area is 107 Å². The lowest BCUT2D eigenvalue weighted by molar-refractivity contribution is -0.385. The highest BCUT2D eigenvalue weighted by molar-refractivity contribution is 5.48. The van der Waals surface area contributed by atoms with Gasteiger partial charge in [-0.25, -0.2) is 0 Å². The first-order valence-corrected chi connectivity index (χ1v) is 6.14. The van der Waals surface area contributed by atoms with Gasteiger partial charge in [0.1, 0.15) is 0 Å². The topological polar surface area (TPSA) is 78.4 Å².